The van der Waals surface area contributed by atoms with Gasteiger partial charge in [0.25, 0.3) is 5.92 Å². The molecule has 0 aromatic heterocycles. The predicted molar refractivity (Wildman–Crippen MR) is 36.3 cm³/mol. The Morgan fingerprint density at radius 2 is 1.70 bits per heavy atom. The highest BCUT2D eigenvalue weighted by Crippen LogP contribution is 2.19. The van der Waals surface area contributed by atoms with E-state index in [1.165, 1.54) is 19.3 Å². The van der Waals surface area contributed by atoms with Gasteiger partial charge in [-0.15, -0.1) is 0 Å². The Morgan fingerprint density at radius 1 is 1.10 bits per heavy atom. The minimum Gasteiger partial charge on any atom is -0.311 e. The van der Waals surface area contributed by atoms with Crippen molar-refractivity contribution in [3.63, 3.8) is 0 Å². The van der Waals surface area contributed by atoms with E-state index >= 15 is 0 Å². The van der Waals surface area contributed by atoms with Crippen LogP contribution < -0.4 is 5.32 Å². The van der Waals surface area contributed by atoms with E-state index in [0.717, 1.165) is 0 Å². The first-order valence-corrected chi connectivity index (χ1v) is 3.79. The number of halogens is 2. The first kappa shape index (κ1) is 7.92. The Balaban J connectivity index is 0.000000138. The molecule has 0 aromatic rings. The molecule has 2 rings (SSSR count). The molecule has 3 heteroatoms. The summed E-state index contributed by atoms with van der Waals surface area (Å²) in [6.45, 7) is 0.333. The van der Waals surface area contributed by atoms with Crippen LogP contribution in [-0.4, -0.2) is 19.0 Å². The van der Waals surface area contributed by atoms with Crippen molar-refractivity contribution < 1.29 is 8.78 Å². The zero-order valence-electron chi connectivity index (χ0n) is 6.00. The molecule has 1 heterocycles. The lowest BCUT2D eigenvalue weighted by Gasteiger charge is -2.02. The molecule has 2 fully saturated rings. The van der Waals surface area contributed by atoms with Crippen LogP contribution in [0.15, 0.2) is 0 Å². The van der Waals surface area contributed by atoms with E-state index in [-0.39, 0.29) is 13.0 Å². The molecule has 0 amide bonds. The van der Waals surface area contributed by atoms with Crippen LogP contribution in [0.25, 0.3) is 0 Å². The molecular formula is C7H13F2N. The fourth-order valence-electron chi connectivity index (χ4n) is 0.631. The minimum atomic E-state index is -2.42. The van der Waals surface area contributed by atoms with Gasteiger partial charge in [-0.1, -0.05) is 19.3 Å². The SMILES string of the molecule is C1CC1.FC1(F)CCNC1. The topological polar surface area (TPSA) is 12.0 Å². The zero-order chi connectivity index (χ0) is 7.45. The average Bonchev–Trinajstić information content (AvgIpc) is 2.64. The molecule has 0 aromatic carbocycles. The molecule has 1 N–H and O–H groups in total. The lowest BCUT2D eigenvalue weighted by Crippen LogP contribution is -2.18. The van der Waals surface area contributed by atoms with Crippen LogP contribution in [0, 0.1) is 0 Å². The summed E-state index contributed by atoms with van der Waals surface area (Å²) in [6, 6.07) is 0. The minimum absolute atomic E-state index is 0.00694. The van der Waals surface area contributed by atoms with Gasteiger partial charge in [0.2, 0.25) is 0 Å². The Morgan fingerprint density at radius 3 is 1.80 bits per heavy atom. The molecule has 0 atom stereocenters. The normalized spacial score (nSPS) is 27.0. The molecule has 1 nitrogen and oxygen atoms in total. The van der Waals surface area contributed by atoms with E-state index in [1.54, 1.807) is 0 Å². The van der Waals surface area contributed by atoms with Gasteiger partial charge in [-0.2, -0.15) is 0 Å². The highest BCUT2D eigenvalue weighted by molar-refractivity contribution is 4.77. The van der Waals surface area contributed by atoms with Crippen molar-refractivity contribution in [3.05, 3.63) is 0 Å². The first-order valence-electron chi connectivity index (χ1n) is 3.79. The summed E-state index contributed by atoms with van der Waals surface area (Å²) in [6.07, 6.45) is 4.51. The van der Waals surface area contributed by atoms with Crippen molar-refractivity contribution in [2.24, 2.45) is 0 Å². The van der Waals surface area contributed by atoms with Crippen molar-refractivity contribution in [1.82, 2.24) is 5.32 Å². The summed E-state index contributed by atoms with van der Waals surface area (Å²) >= 11 is 0. The van der Waals surface area contributed by atoms with E-state index in [4.69, 9.17) is 0 Å². The molecule has 0 spiro atoms. The highest BCUT2D eigenvalue weighted by atomic mass is 19.3. The number of rotatable bonds is 0. The van der Waals surface area contributed by atoms with Gasteiger partial charge in [-0.05, 0) is 0 Å². The van der Waals surface area contributed by atoms with Gasteiger partial charge in [-0.3, -0.25) is 0 Å². The Labute approximate surface area is 59.8 Å². The first-order chi connectivity index (χ1) is 4.71. The van der Waals surface area contributed by atoms with Crippen LogP contribution in [0.2, 0.25) is 0 Å². The number of hydrogen-bond donors (Lipinski definition) is 1. The second kappa shape index (κ2) is 3.28. The summed E-state index contributed by atoms with van der Waals surface area (Å²) in [4.78, 5) is 0. The fraction of sp³-hybridized carbons (Fsp3) is 1.00. The quantitative estimate of drug-likeness (QED) is 0.553. The summed E-state index contributed by atoms with van der Waals surface area (Å²) in [7, 11) is 0. The van der Waals surface area contributed by atoms with Crippen molar-refractivity contribution in [2.75, 3.05) is 13.1 Å². The maximum atomic E-state index is 11.9. The molecule has 2 aliphatic rings. The third-order valence-electron chi connectivity index (χ3n) is 1.40. The second-order valence-electron chi connectivity index (χ2n) is 2.84. The standard InChI is InChI=1S/C4H7F2N.C3H6/c5-4(6)1-2-7-3-4;1-2-3-1/h7H,1-3H2;1-3H2. The maximum absolute atomic E-state index is 11.9. The van der Waals surface area contributed by atoms with Crippen LogP contribution >= 0.6 is 0 Å². The summed E-state index contributed by atoms with van der Waals surface area (Å²) in [5, 5.41) is 2.56. The van der Waals surface area contributed by atoms with Crippen molar-refractivity contribution in [3.8, 4) is 0 Å². The van der Waals surface area contributed by atoms with Crippen LogP contribution in [0.1, 0.15) is 25.7 Å². The van der Waals surface area contributed by atoms with Crippen molar-refractivity contribution >= 4 is 0 Å². The van der Waals surface area contributed by atoms with Gasteiger partial charge in [0.15, 0.2) is 0 Å². The molecule has 1 saturated carbocycles. The number of alkyl halides is 2. The molecule has 1 aliphatic carbocycles. The van der Waals surface area contributed by atoms with Crippen LogP contribution in [0.4, 0.5) is 8.78 Å². The second-order valence-corrected chi connectivity index (χ2v) is 2.84. The van der Waals surface area contributed by atoms with Gasteiger partial charge in [0.05, 0.1) is 6.54 Å². The van der Waals surface area contributed by atoms with Gasteiger partial charge in [0, 0.05) is 13.0 Å². The van der Waals surface area contributed by atoms with Crippen molar-refractivity contribution in [1.29, 1.82) is 0 Å². The highest BCUT2D eigenvalue weighted by Gasteiger charge is 2.32. The third kappa shape index (κ3) is 3.77. The smallest absolute Gasteiger partial charge is 0.261 e. The van der Waals surface area contributed by atoms with E-state index in [0.29, 0.717) is 6.54 Å². The van der Waals surface area contributed by atoms with Gasteiger partial charge >= 0.3 is 0 Å². The van der Waals surface area contributed by atoms with Crippen LogP contribution in [0.5, 0.6) is 0 Å². The van der Waals surface area contributed by atoms with Crippen LogP contribution in [-0.2, 0) is 0 Å². The summed E-state index contributed by atoms with van der Waals surface area (Å²) in [5.41, 5.74) is 0. The third-order valence-corrected chi connectivity index (χ3v) is 1.40. The average molecular weight is 149 g/mol. The van der Waals surface area contributed by atoms with Crippen molar-refractivity contribution in [2.45, 2.75) is 31.6 Å². The van der Waals surface area contributed by atoms with Crippen LogP contribution in [0.3, 0.4) is 0 Å². The van der Waals surface area contributed by atoms with E-state index < -0.39 is 5.92 Å². The summed E-state index contributed by atoms with van der Waals surface area (Å²) in [5.74, 6) is -2.42. The van der Waals surface area contributed by atoms with Gasteiger partial charge in [-0.25, -0.2) is 8.78 Å². The van der Waals surface area contributed by atoms with E-state index in [9.17, 15) is 8.78 Å². The molecule has 1 saturated heterocycles. The summed E-state index contributed by atoms with van der Waals surface area (Å²) < 4.78 is 23.8. The van der Waals surface area contributed by atoms with Gasteiger partial charge < -0.3 is 5.32 Å². The zero-order valence-corrected chi connectivity index (χ0v) is 6.00. The molecule has 0 radical (unpaired) electrons. The fourth-order valence-corrected chi connectivity index (χ4v) is 0.631. The molecule has 0 unspecified atom stereocenters. The number of nitrogens with one attached hydrogen (secondary N) is 1. The Hall–Kier alpha value is -0.180. The molecule has 10 heavy (non-hydrogen) atoms. The lowest BCUT2D eigenvalue weighted by atomic mass is 10.3. The van der Waals surface area contributed by atoms with Gasteiger partial charge in [0.1, 0.15) is 0 Å². The molecule has 60 valence electrons. The number of hydrogen-bond acceptors (Lipinski definition) is 1. The lowest BCUT2D eigenvalue weighted by molar-refractivity contribution is 0.0238. The van der Waals surface area contributed by atoms with E-state index in [2.05, 4.69) is 5.32 Å². The maximum Gasteiger partial charge on any atom is 0.261 e. The predicted octanol–water partition coefficient (Wildman–Crippen LogP) is 1.79. The Bertz CT molecular complexity index is 91.0. The van der Waals surface area contributed by atoms with E-state index in [1.807, 2.05) is 0 Å². The molecule has 0 bridgehead atoms. The molecule has 1 aliphatic heterocycles. The monoisotopic (exact) mass is 149 g/mol. The molecular weight excluding hydrogens is 136 g/mol. The Kier molecular flexibility index (Phi) is 2.60. The largest absolute Gasteiger partial charge is 0.311 e.